The van der Waals surface area contributed by atoms with E-state index in [0.29, 0.717) is 22.8 Å². The Morgan fingerprint density at radius 2 is 2.05 bits per heavy atom. The Kier molecular flexibility index (Phi) is 5.55. The third-order valence-corrected chi connectivity index (χ3v) is 3.63. The van der Waals surface area contributed by atoms with Crippen molar-refractivity contribution in [1.82, 2.24) is 15.5 Å². The molecular weight excluding hydrogens is 292 g/mol. The molecule has 0 radical (unpaired) electrons. The van der Waals surface area contributed by atoms with Crippen LogP contribution in [0, 0.1) is 0 Å². The molecule has 0 aliphatic carbocycles. The van der Waals surface area contributed by atoms with Gasteiger partial charge in [-0.05, 0) is 18.2 Å². The van der Waals surface area contributed by atoms with Gasteiger partial charge in [0.2, 0.25) is 5.91 Å². The number of piperazine rings is 1. The third kappa shape index (κ3) is 4.42. The van der Waals surface area contributed by atoms with Gasteiger partial charge in [0.1, 0.15) is 0 Å². The standard InChI is InChI=1S/C14H19ClN4O2/c1-16-14(21)11-8-10(2-3-12(11)15)18-13(20)9-19-6-4-17-5-7-19/h2-3,8,17H,4-7,9H2,1H3,(H,16,21)(H,18,20). The van der Waals surface area contributed by atoms with E-state index in [0.717, 1.165) is 26.2 Å². The van der Waals surface area contributed by atoms with Crippen molar-refractivity contribution in [1.29, 1.82) is 0 Å². The van der Waals surface area contributed by atoms with Crippen molar-refractivity contribution in [2.24, 2.45) is 0 Å². The summed E-state index contributed by atoms with van der Waals surface area (Å²) in [6, 6.07) is 4.87. The molecule has 0 bridgehead atoms. The van der Waals surface area contributed by atoms with E-state index in [-0.39, 0.29) is 11.8 Å². The van der Waals surface area contributed by atoms with Gasteiger partial charge in [-0.2, -0.15) is 0 Å². The molecule has 3 N–H and O–H groups in total. The van der Waals surface area contributed by atoms with Crippen LogP contribution in [0.2, 0.25) is 5.02 Å². The first-order valence-electron chi connectivity index (χ1n) is 6.84. The molecule has 1 saturated heterocycles. The zero-order valence-electron chi connectivity index (χ0n) is 11.9. The highest BCUT2D eigenvalue weighted by Crippen LogP contribution is 2.20. The molecule has 1 heterocycles. The van der Waals surface area contributed by atoms with Crippen LogP contribution >= 0.6 is 11.6 Å². The van der Waals surface area contributed by atoms with Crippen molar-refractivity contribution in [3.05, 3.63) is 28.8 Å². The Labute approximate surface area is 128 Å². The summed E-state index contributed by atoms with van der Waals surface area (Å²) >= 11 is 5.97. The van der Waals surface area contributed by atoms with Crippen LogP contribution in [0.15, 0.2) is 18.2 Å². The Morgan fingerprint density at radius 1 is 1.33 bits per heavy atom. The van der Waals surface area contributed by atoms with Crippen LogP contribution in [0.4, 0.5) is 5.69 Å². The summed E-state index contributed by atoms with van der Waals surface area (Å²) in [6.07, 6.45) is 0. The molecule has 2 rings (SSSR count). The van der Waals surface area contributed by atoms with Gasteiger partial charge in [0.25, 0.3) is 5.91 Å². The highest BCUT2D eigenvalue weighted by atomic mass is 35.5. The SMILES string of the molecule is CNC(=O)c1cc(NC(=O)CN2CCNCC2)ccc1Cl. The first-order chi connectivity index (χ1) is 10.1. The van der Waals surface area contributed by atoms with Crippen molar-refractivity contribution < 1.29 is 9.59 Å². The van der Waals surface area contributed by atoms with Gasteiger partial charge in [0, 0.05) is 38.9 Å². The fourth-order valence-electron chi connectivity index (χ4n) is 2.18. The number of hydrogen-bond acceptors (Lipinski definition) is 4. The molecule has 1 aliphatic heterocycles. The van der Waals surface area contributed by atoms with E-state index in [1.807, 2.05) is 0 Å². The van der Waals surface area contributed by atoms with E-state index in [4.69, 9.17) is 11.6 Å². The summed E-state index contributed by atoms with van der Waals surface area (Å²) in [5, 5.41) is 8.91. The predicted octanol–water partition coefficient (Wildman–Crippen LogP) is 0.543. The summed E-state index contributed by atoms with van der Waals surface area (Å²) in [5.74, 6) is -0.375. The van der Waals surface area contributed by atoms with Gasteiger partial charge in [0.05, 0.1) is 17.1 Å². The molecule has 6 nitrogen and oxygen atoms in total. The molecule has 0 spiro atoms. The summed E-state index contributed by atoms with van der Waals surface area (Å²) in [7, 11) is 1.54. The van der Waals surface area contributed by atoms with E-state index < -0.39 is 0 Å². The Balaban J connectivity index is 1.98. The number of amides is 2. The average Bonchev–Trinajstić information content (AvgIpc) is 2.49. The predicted molar refractivity (Wildman–Crippen MR) is 82.8 cm³/mol. The second-order valence-corrected chi connectivity index (χ2v) is 5.26. The third-order valence-electron chi connectivity index (χ3n) is 3.30. The van der Waals surface area contributed by atoms with E-state index in [9.17, 15) is 9.59 Å². The Morgan fingerprint density at radius 3 is 2.71 bits per heavy atom. The van der Waals surface area contributed by atoms with E-state index in [1.165, 1.54) is 7.05 Å². The molecule has 0 aromatic heterocycles. The number of carbonyl (C=O) groups excluding carboxylic acids is 2. The molecule has 0 atom stereocenters. The van der Waals surface area contributed by atoms with Gasteiger partial charge in [0.15, 0.2) is 0 Å². The topological polar surface area (TPSA) is 73.5 Å². The molecule has 7 heteroatoms. The molecular formula is C14H19ClN4O2. The molecule has 1 aliphatic rings. The summed E-state index contributed by atoms with van der Waals surface area (Å²) in [4.78, 5) is 25.8. The quantitative estimate of drug-likeness (QED) is 0.759. The van der Waals surface area contributed by atoms with Crippen molar-refractivity contribution >= 4 is 29.1 Å². The summed E-state index contributed by atoms with van der Waals surface area (Å²) < 4.78 is 0. The smallest absolute Gasteiger partial charge is 0.252 e. The van der Waals surface area contributed by atoms with Crippen LogP contribution in [-0.4, -0.2) is 56.5 Å². The Bertz CT molecular complexity index is 530. The van der Waals surface area contributed by atoms with Gasteiger partial charge >= 0.3 is 0 Å². The van der Waals surface area contributed by atoms with E-state index in [2.05, 4.69) is 20.9 Å². The number of anilines is 1. The molecule has 21 heavy (non-hydrogen) atoms. The van der Waals surface area contributed by atoms with Crippen LogP contribution in [-0.2, 0) is 4.79 Å². The lowest BCUT2D eigenvalue weighted by molar-refractivity contribution is -0.117. The average molecular weight is 311 g/mol. The van der Waals surface area contributed by atoms with Gasteiger partial charge in [-0.1, -0.05) is 11.6 Å². The van der Waals surface area contributed by atoms with Gasteiger partial charge in [-0.25, -0.2) is 0 Å². The van der Waals surface area contributed by atoms with Crippen molar-refractivity contribution in [2.75, 3.05) is 45.1 Å². The zero-order valence-corrected chi connectivity index (χ0v) is 12.7. The Hall–Kier alpha value is -1.63. The normalized spacial score (nSPS) is 15.5. The summed E-state index contributed by atoms with van der Waals surface area (Å²) in [5.41, 5.74) is 0.914. The number of carbonyl (C=O) groups is 2. The zero-order chi connectivity index (χ0) is 15.2. The maximum absolute atomic E-state index is 12.0. The fourth-order valence-corrected chi connectivity index (χ4v) is 2.39. The lowest BCUT2D eigenvalue weighted by Gasteiger charge is -2.26. The number of rotatable bonds is 4. The number of nitrogens with one attached hydrogen (secondary N) is 3. The van der Waals surface area contributed by atoms with Crippen LogP contribution < -0.4 is 16.0 Å². The molecule has 114 valence electrons. The molecule has 2 amide bonds. The molecule has 1 aromatic carbocycles. The maximum atomic E-state index is 12.0. The lowest BCUT2D eigenvalue weighted by atomic mass is 10.2. The number of nitrogens with zero attached hydrogens (tertiary/aromatic N) is 1. The molecule has 1 aromatic rings. The molecule has 0 unspecified atom stereocenters. The number of halogens is 1. The largest absolute Gasteiger partial charge is 0.355 e. The first kappa shape index (κ1) is 15.8. The minimum absolute atomic E-state index is 0.0953. The monoisotopic (exact) mass is 310 g/mol. The maximum Gasteiger partial charge on any atom is 0.252 e. The van der Waals surface area contributed by atoms with Crippen LogP contribution in [0.1, 0.15) is 10.4 Å². The molecule has 0 saturated carbocycles. The van der Waals surface area contributed by atoms with Crippen molar-refractivity contribution in [3.63, 3.8) is 0 Å². The second kappa shape index (κ2) is 7.40. The fraction of sp³-hybridized carbons (Fsp3) is 0.429. The number of hydrogen-bond donors (Lipinski definition) is 3. The lowest BCUT2D eigenvalue weighted by Crippen LogP contribution is -2.46. The van der Waals surface area contributed by atoms with Crippen molar-refractivity contribution in [2.45, 2.75) is 0 Å². The first-order valence-corrected chi connectivity index (χ1v) is 7.22. The van der Waals surface area contributed by atoms with Gasteiger partial charge in [-0.3, -0.25) is 14.5 Å². The van der Waals surface area contributed by atoms with Crippen LogP contribution in [0.3, 0.4) is 0 Å². The highest BCUT2D eigenvalue weighted by molar-refractivity contribution is 6.34. The number of benzene rings is 1. The second-order valence-electron chi connectivity index (χ2n) is 4.85. The van der Waals surface area contributed by atoms with E-state index in [1.54, 1.807) is 18.2 Å². The van der Waals surface area contributed by atoms with Crippen LogP contribution in [0.25, 0.3) is 0 Å². The van der Waals surface area contributed by atoms with Crippen molar-refractivity contribution in [3.8, 4) is 0 Å². The van der Waals surface area contributed by atoms with E-state index >= 15 is 0 Å². The highest BCUT2D eigenvalue weighted by Gasteiger charge is 2.15. The summed E-state index contributed by atoms with van der Waals surface area (Å²) in [6.45, 7) is 3.86. The molecule has 1 fully saturated rings. The minimum atomic E-state index is -0.279. The van der Waals surface area contributed by atoms with Crippen LogP contribution in [0.5, 0.6) is 0 Å². The van der Waals surface area contributed by atoms with Gasteiger partial charge < -0.3 is 16.0 Å². The van der Waals surface area contributed by atoms with Gasteiger partial charge in [-0.15, -0.1) is 0 Å². The minimum Gasteiger partial charge on any atom is -0.355 e.